The summed E-state index contributed by atoms with van der Waals surface area (Å²) in [4.78, 5) is 19.6. The van der Waals surface area contributed by atoms with Crippen molar-refractivity contribution in [3.05, 3.63) is 123 Å². The van der Waals surface area contributed by atoms with Crippen molar-refractivity contribution in [1.82, 2.24) is 20.6 Å². The van der Waals surface area contributed by atoms with Crippen molar-refractivity contribution in [3.8, 4) is 0 Å². The maximum absolute atomic E-state index is 13.9. The molecule has 0 fully saturated rings. The first-order chi connectivity index (χ1) is 18.9. The van der Waals surface area contributed by atoms with Crippen LogP contribution in [0, 0.1) is 10.1 Å². The summed E-state index contributed by atoms with van der Waals surface area (Å²) in [6.45, 7) is 1.13. The van der Waals surface area contributed by atoms with Crippen LogP contribution < -0.4 is 10.6 Å². The van der Waals surface area contributed by atoms with Crippen molar-refractivity contribution < 1.29 is 13.3 Å². The summed E-state index contributed by atoms with van der Waals surface area (Å²) in [5, 5.41) is 18.5. The Kier molecular flexibility index (Phi) is 8.06. The molecule has 2 aromatic heterocycles. The lowest BCUT2D eigenvalue weighted by Crippen LogP contribution is -2.26. The fraction of sp³-hybridized carbons (Fsp3) is 0.241. The van der Waals surface area contributed by atoms with Gasteiger partial charge in [0, 0.05) is 38.1 Å². The number of hydrogen-bond acceptors (Lipinski definition) is 8. The number of nitro groups is 1. The molecule has 1 atom stereocenters. The van der Waals surface area contributed by atoms with Crippen molar-refractivity contribution >= 4 is 15.5 Å². The zero-order valence-electron chi connectivity index (χ0n) is 21.3. The number of nitro benzene ring substituents is 1. The van der Waals surface area contributed by atoms with Gasteiger partial charge in [0.25, 0.3) is 5.69 Å². The Morgan fingerprint density at radius 2 is 1.72 bits per heavy atom. The molecule has 1 unspecified atom stereocenters. The fourth-order valence-corrected chi connectivity index (χ4v) is 6.64. The third-order valence-corrected chi connectivity index (χ3v) is 8.75. The van der Waals surface area contributed by atoms with E-state index in [4.69, 9.17) is 0 Å². The molecule has 2 aromatic carbocycles. The fourth-order valence-electron chi connectivity index (χ4n) is 4.94. The summed E-state index contributed by atoms with van der Waals surface area (Å²) >= 11 is 0. The zero-order chi connectivity index (χ0) is 27.2. The van der Waals surface area contributed by atoms with E-state index in [1.807, 2.05) is 30.3 Å². The molecule has 0 spiro atoms. The van der Waals surface area contributed by atoms with Crippen molar-refractivity contribution in [2.75, 3.05) is 0 Å². The first kappa shape index (κ1) is 26.6. The smallest absolute Gasteiger partial charge is 0.288 e. The number of benzene rings is 2. The van der Waals surface area contributed by atoms with E-state index in [1.54, 1.807) is 24.5 Å². The highest BCUT2D eigenvalue weighted by Crippen LogP contribution is 2.32. The van der Waals surface area contributed by atoms with Gasteiger partial charge < -0.3 is 10.6 Å². The lowest BCUT2D eigenvalue weighted by atomic mass is 9.92. The predicted molar refractivity (Wildman–Crippen MR) is 147 cm³/mol. The number of fused-ring (bicyclic) bond motifs is 1. The monoisotopic (exact) mass is 543 g/mol. The van der Waals surface area contributed by atoms with Gasteiger partial charge in [-0.15, -0.1) is 0 Å². The Balaban J connectivity index is 1.44. The Labute approximate surface area is 227 Å². The predicted octanol–water partition coefficient (Wildman–Crippen LogP) is 4.67. The van der Waals surface area contributed by atoms with Gasteiger partial charge in [0.05, 0.1) is 27.2 Å². The largest absolute Gasteiger partial charge is 0.307 e. The van der Waals surface area contributed by atoms with Gasteiger partial charge in [-0.3, -0.25) is 20.1 Å². The quantitative estimate of drug-likeness (QED) is 0.218. The molecule has 4 aromatic rings. The van der Waals surface area contributed by atoms with Crippen LogP contribution in [-0.4, -0.2) is 23.3 Å². The highest BCUT2D eigenvalue weighted by atomic mass is 32.2. The number of pyridine rings is 2. The molecular weight excluding hydrogens is 514 g/mol. The normalized spacial score (nSPS) is 15.0. The number of rotatable bonds is 10. The van der Waals surface area contributed by atoms with Crippen LogP contribution in [0.3, 0.4) is 0 Å². The van der Waals surface area contributed by atoms with E-state index < -0.39 is 20.4 Å². The maximum Gasteiger partial charge on any atom is 0.288 e. The van der Waals surface area contributed by atoms with Gasteiger partial charge >= 0.3 is 0 Å². The molecule has 9 nitrogen and oxygen atoms in total. The molecule has 0 saturated heterocycles. The zero-order valence-corrected chi connectivity index (χ0v) is 22.1. The number of aryl methyl sites for hydroxylation is 1. The minimum Gasteiger partial charge on any atom is -0.307 e. The van der Waals surface area contributed by atoms with Crippen LogP contribution in [0.15, 0.2) is 95.0 Å². The second-order valence-corrected chi connectivity index (χ2v) is 11.4. The first-order valence-electron chi connectivity index (χ1n) is 12.8. The molecule has 0 saturated carbocycles. The van der Waals surface area contributed by atoms with Crippen LogP contribution in [0.5, 0.6) is 0 Å². The van der Waals surface area contributed by atoms with E-state index in [-0.39, 0.29) is 22.4 Å². The average molecular weight is 544 g/mol. The average Bonchev–Trinajstić information content (AvgIpc) is 2.97. The molecule has 2 heterocycles. The Bertz CT molecular complexity index is 1580. The van der Waals surface area contributed by atoms with E-state index in [9.17, 15) is 18.5 Å². The van der Waals surface area contributed by atoms with Gasteiger partial charge in [-0.1, -0.05) is 36.4 Å². The maximum atomic E-state index is 13.9. The van der Waals surface area contributed by atoms with Crippen molar-refractivity contribution in [2.24, 2.45) is 0 Å². The number of nitrogens with one attached hydrogen (secondary N) is 2. The molecule has 1 aliphatic carbocycles. The molecule has 0 radical (unpaired) electrons. The van der Waals surface area contributed by atoms with Gasteiger partial charge in [0.2, 0.25) is 9.84 Å². The lowest BCUT2D eigenvalue weighted by molar-refractivity contribution is -0.387. The summed E-state index contributed by atoms with van der Waals surface area (Å²) in [5.74, 6) is 0. The molecule has 200 valence electrons. The van der Waals surface area contributed by atoms with Crippen LogP contribution in [0.2, 0.25) is 0 Å². The number of hydrogen-bond donors (Lipinski definition) is 2. The number of para-hydroxylation sites is 1. The summed E-state index contributed by atoms with van der Waals surface area (Å²) in [6, 6.07) is 20.5. The third kappa shape index (κ3) is 6.03. The molecule has 2 N–H and O–H groups in total. The van der Waals surface area contributed by atoms with Gasteiger partial charge in [0.15, 0.2) is 0 Å². The SMILES string of the molecule is O=[N+]([O-])c1ccccc1S(=O)(=O)c1cc(CNC2CCCc3cccnc32)ccc1CNCc1ccccn1. The van der Waals surface area contributed by atoms with Gasteiger partial charge in [0.1, 0.15) is 4.90 Å². The van der Waals surface area contributed by atoms with Crippen molar-refractivity contribution in [3.63, 3.8) is 0 Å². The first-order valence-corrected chi connectivity index (χ1v) is 14.3. The van der Waals surface area contributed by atoms with Crippen LogP contribution in [0.4, 0.5) is 5.69 Å². The van der Waals surface area contributed by atoms with E-state index in [0.717, 1.165) is 36.2 Å². The minimum absolute atomic E-state index is 0.0480. The topological polar surface area (TPSA) is 127 Å². The van der Waals surface area contributed by atoms with Crippen LogP contribution >= 0.6 is 0 Å². The van der Waals surface area contributed by atoms with Crippen LogP contribution in [0.1, 0.15) is 47.0 Å². The molecule has 10 heteroatoms. The van der Waals surface area contributed by atoms with Crippen LogP contribution in [0.25, 0.3) is 0 Å². The lowest BCUT2D eigenvalue weighted by Gasteiger charge is -2.25. The minimum atomic E-state index is -4.19. The Morgan fingerprint density at radius 3 is 2.54 bits per heavy atom. The van der Waals surface area contributed by atoms with Crippen LogP contribution in [-0.2, 0) is 35.9 Å². The second kappa shape index (κ2) is 11.8. The van der Waals surface area contributed by atoms with Crippen molar-refractivity contribution in [2.45, 2.75) is 54.7 Å². The summed E-state index contributed by atoms with van der Waals surface area (Å²) in [6.07, 6.45) is 6.49. The number of aromatic nitrogens is 2. The highest BCUT2D eigenvalue weighted by molar-refractivity contribution is 7.91. The second-order valence-electron chi connectivity index (χ2n) is 9.47. The third-order valence-electron chi connectivity index (χ3n) is 6.87. The molecule has 1 aliphatic rings. The molecule has 0 aliphatic heterocycles. The van der Waals surface area contributed by atoms with Gasteiger partial charge in [-0.2, -0.15) is 0 Å². The standard InChI is InChI=1S/C29H29N5O4S/c35-34(36)26-11-1-2-12-27(26)39(37,38)28-17-21(13-14-23(28)19-30-20-24-9-3-4-15-31-24)18-33-25-10-5-7-22-8-6-16-32-29(22)25/h1-4,6,8-9,11-17,25,30,33H,5,7,10,18-20H2. The summed E-state index contributed by atoms with van der Waals surface area (Å²) in [7, 11) is -4.19. The molecule has 39 heavy (non-hydrogen) atoms. The number of nitrogens with zero attached hydrogens (tertiary/aromatic N) is 3. The Morgan fingerprint density at radius 1 is 0.897 bits per heavy atom. The van der Waals surface area contributed by atoms with Gasteiger partial charge in [-0.25, -0.2) is 8.42 Å². The van der Waals surface area contributed by atoms with E-state index in [2.05, 4.69) is 26.7 Å². The molecule has 5 rings (SSSR count). The highest BCUT2D eigenvalue weighted by Gasteiger charge is 2.29. The summed E-state index contributed by atoms with van der Waals surface area (Å²) in [5.41, 5.74) is 3.93. The van der Waals surface area contributed by atoms with Crippen molar-refractivity contribution in [1.29, 1.82) is 0 Å². The molecule has 0 amide bonds. The van der Waals surface area contributed by atoms with E-state index in [0.29, 0.717) is 18.7 Å². The van der Waals surface area contributed by atoms with E-state index >= 15 is 0 Å². The summed E-state index contributed by atoms with van der Waals surface area (Å²) < 4.78 is 27.7. The van der Waals surface area contributed by atoms with Gasteiger partial charge in [-0.05, 0) is 66.3 Å². The van der Waals surface area contributed by atoms with E-state index in [1.165, 1.54) is 29.8 Å². The molecule has 0 bridgehead atoms. The number of sulfone groups is 1. The Hall–Kier alpha value is -3.99. The molecular formula is C29H29N5O4S.